The Hall–Kier alpha value is -2.29. The van der Waals surface area contributed by atoms with Gasteiger partial charge < -0.3 is 10.6 Å². The molecule has 0 amide bonds. The van der Waals surface area contributed by atoms with Crippen LogP contribution in [0.1, 0.15) is 55.2 Å². The van der Waals surface area contributed by atoms with Crippen LogP contribution in [0.2, 0.25) is 0 Å². The number of fused-ring (bicyclic) bond motifs is 1. The number of rotatable bonds is 2. The lowest BCUT2D eigenvalue weighted by molar-refractivity contribution is 0.524. The quantitative estimate of drug-likeness (QED) is 0.717. The molecule has 1 aliphatic heterocycles. The van der Waals surface area contributed by atoms with Crippen LogP contribution in [0.4, 0.5) is 11.4 Å². The van der Waals surface area contributed by atoms with Crippen LogP contribution in [0.25, 0.3) is 0 Å². The van der Waals surface area contributed by atoms with Crippen LogP contribution in [-0.2, 0) is 6.54 Å². The molecule has 2 aromatic rings. The first-order valence-corrected chi connectivity index (χ1v) is 9.92. The van der Waals surface area contributed by atoms with Crippen molar-refractivity contribution < 1.29 is 0 Å². The zero-order chi connectivity index (χ0) is 18.0. The second-order valence-electron chi connectivity index (χ2n) is 7.88. The Balaban J connectivity index is 1.71. The third-order valence-corrected chi connectivity index (χ3v) is 5.93. The molecule has 2 aromatic carbocycles. The molecule has 2 N–H and O–H groups in total. The Morgan fingerprint density at radius 3 is 2.23 bits per heavy atom. The van der Waals surface area contributed by atoms with Crippen LogP contribution < -0.4 is 10.6 Å². The number of nitrogens with zero attached hydrogens (tertiary/aromatic N) is 1. The summed E-state index contributed by atoms with van der Waals surface area (Å²) in [6.07, 6.45) is 7.49. The predicted molar refractivity (Wildman–Crippen MR) is 111 cm³/mol. The largest absolute Gasteiger partial charge is 0.371 e. The Labute approximate surface area is 156 Å². The highest BCUT2D eigenvalue weighted by atomic mass is 15.2. The summed E-state index contributed by atoms with van der Waals surface area (Å²) in [5.41, 5.74) is 6.27. The van der Waals surface area contributed by atoms with E-state index >= 15 is 0 Å². The minimum atomic E-state index is -0.0417. The minimum absolute atomic E-state index is 0.0417. The van der Waals surface area contributed by atoms with Gasteiger partial charge in [-0.15, -0.1) is 0 Å². The molecule has 26 heavy (non-hydrogen) atoms. The van der Waals surface area contributed by atoms with Gasteiger partial charge in [-0.25, -0.2) is 0 Å². The number of nitrogens with one attached hydrogen (secondary N) is 2. The highest BCUT2D eigenvalue weighted by Crippen LogP contribution is 2.40. The van der Waals surface area contributed by atoms with Crippen molar-refractivity contribution >= 4 is 17.2 Å². The Bertz CT molecular complexity index is 800. The van der Waals surface area contributed by atoms with Crippen LogP contribution in [0.3, 0.4) is 0 Å². The lowest BCUT2D eigenvalue weighted by Crippen LogP contribution is -2.52. The number of hydrogen-bond donors (Lipinski definition) is 2. The molecule has 0 bridgehead atoms. The summed E-state index contributed by atoms with van der Waals surface area (Å²) in [5.74, 6) is 1.12. The summed E-state index contributed by atoms with van der Waals surface area (Å²) in [4.78, 5) is 5.07. The Morgan fingerprint density at radius 2 is 1.54 bits per heavy atom. The number of amidine groups is 1. The molecule has 0 radical (unpaired) electrons. The minimum Gasteiger partial charge on any atom is -0.371 e. The van der Waals surface area contributed by atoms with Gasteiger partial charge in [-0.1, -0.05) is 56.0 Å². The van der Waals surface area contributed by atoms with E-state index in [0.717, 1.165) is 30.9 Å². The van der Waals surface area contributed by atoms with Crippen molar-refractivity contribution in [1.82, 2.24) is 0 Å². The number of anilines is 2. The van der Waals surface area contributed by atoms with Gasteiger partial charge in [-0.05, 0) is 55.5 Å². The maximum absolute atomic E-state index is 5.07. The molecule has 0 aromatic heterocycles. The second-order valence-corrected chi connectivity index (χ2v) is 7.88. The zero-order valence-electron chi connectivity index (χ0n) is 15.9. The molecule has 2 aliphatic rings. The molecule has 0 atom stereocenters. The molecule has 3 nitrogen and oxygen atoms in total. The van der Waals surface area contributed by atoms with Crippen LogP contribution in [0.15, 0.2) is 47.5 Å². The molecule has 1 aliphatic carbocycles. The van der Waals surface area contributed by atoms with Gasteiger partial charge in [0.15, 0.2) is 0 Å². The molecule has 1 saturated carbocycles. The fraction of sp³-hybridized carbons (Fsp3) is 0.435. The third-order valence-electron chi connectivity index (χ3n) is 5.93. The zero-order valence-corrected chi connectivity index (χ0v) is 15.9. The lowest BCUT2D eigenvalue weighted by atomic mass is 9.85. The lowest BCUT2D eigenvalue weighted by Gasteiger charge is -2.41. The average Bonchev–Trinajstić information content (AvgIpc) is 2.89. The Kier molecular flexibility index (Phi) is 4.71. The smallest absolute Gasteiger partial charge is 0.127 e. The van der Waals surface area contributed by atoms with Crippen LogP contribution in [0, 0.1) is 13.8 Å². The van der Waals surface area contributed by atoms with E-state index in [0.29, 0.717) is 0 Å². The van der Waals surface area contributed by atoms with E-state index in [1.54, 1.807) is 0 Å². The predicted octanol–water partition coefficient (Wildman–Crippen LogP) is 5.83. The van der Waals surface area contributed by atoms with Crippen molar-refractivity contribution in [3.8, 4) is 0 Å². The SMILES string of the molecule is Cc1cc2c(cc1C)NC1(CCCCCC1)C(=NCc1ccccc1)N2. The van der Waals surface area contributed by atoms with E-state index in [1.165, 1.54) is 48.1 Å². The summed E-state index contributed by atoms with van der Waals surface area (Å²) in [6, 6.07) is 15.1. The summed E-state index contributed by atoms with van der Waals surface area (Å²) >= 11 is 0. The maximum atomic E-state index is 5.07. The highest BCUT2D eigenvalue weighted by molar-refractivity contribution is 6.09. The fourth-order valence-electron chi connectivity index (χ4n) is 4.23. The molecule has 1 heterocycles. The average molecular weight is 348 g/mol. The van der Waals surface area contributed by atoms with Gasteiger partial charge in [0.05, 0.1) is 23.5 Å². The topological polar surface area (TPSA) is 36.4 Å². The summed E-state index contributed by atoms with van der Waals surface area (Å²) < 4.78 is 0. The normalized spacial score (nSPS) is 20.2. The fourth-order valence-corrected chi connectivity index (χ4v) is 4.23. The van der Waals surface area contributed by atoms with Crippen molar-refractivity contribution in [1.29, 1.82) is 0 Å². The van der Waals surface area contributed by atoms with Crippen molar-refractivity contribution in [2.75, 3.05) is 10.6 Å². The third kappa shape index (κ3) is 3.35. The van der Waals surface area contributed by atoms with Crippen LogP contribution in [-0.4, -0.2) is 11.4 Å². The highest BCUT2D eigenvalue weighted by Gasteiger charge is 2.40. The first kappa shape index (κ1) is 17.1. The van der Waals surface area contributed by atoms with E-state index in [-0.39, 0.29) is 5.54 Å². The molecule has 4 rings (SSSR count). The van der Waals surface area contributed by atoms with Crippen molar-refractivity contribution in [2.24, 2.45) is 4.99 Å². The van der Waals surface area contributed by atoms with Gasteiger partial charge in [-0.2, -0.15) is 0 Å². The number of benzene rings is 2. The summed E-state index contributed by atoms with van der Waals surface area (Å²) in [5, 5.41) is 7.62. The molecule has 1 spiro atoms. The van der Waals surface area contributed by atoms with Crippen LogP contribution in [0.5, 0.6) is 0 Å². The standard InChI is InChI=1S/C23H29N3/c1-17-14-20-21(15-18(17)2)26-23(12-8-3-4-9-13-23)22(25-20)24-16-19-10-6-5-7-11-19/h5-7,10-11,14-15,26H,3-4,8-9,12-13,16H2,1-2H3,(H,24,25). The first-order chi connectivity index (χ1) is 12.7. The molecule has 1 fully saturated rings. The molecule has 136 valence electrons. The molecule has 3 heteroatoms. The first-order valence-electron chi connectivity index (χ1n) is 9.92. The number of aryl methyl sites for hydroxylation is 2. The van der Waals surface area contributed by atoms with E-state index < -0.39 is 0 Å². The van der Waals surface area contributed by atoms with E-state index in [4.69, 9.17) is 4.99 Å². The molecular formula is C23H29N3. The van der Waals surface area contributed by atoms with Gasteiger partial charge in [0.2, 0.25) is 0 Å². The van der Waals surface area contributed by atoms with Crippen molar-refractivity contribution in [3.63, 3.8) is 0 Å². The molecule has 0 saturated heterocycles. The number of hydrogen-bond acceptors (Lipinski definition) is 2. The van der Waals surface area contributed by atoms with Crippen molar-refractivity contribution in [2.45, 2.75) is 64.5 Å². The van der Waals surface area contributed by atoms with Gasteiger partial charge in [-0.3, -0.25) is 4.99 Å². The van der Waals surface area contributed by atoms with Gasteiger partial charge in [0, 0.05) is 0 Å². The van der Waals surface area contributed by atoms with Gasteiger partial charge >= 0.3 is 0 Å². The maximum Gasteiger partial charge on any atom is 0.127 e. The van der Waals surface area contributed by atoms with E-state index in [1.807, 2.05) is 0 Å². The summed E-state index contributed by atoms with van der Waals surface area (Å²) in [6.45, 7) is 5.09. The van der Waals surface area contributed by atoms with Gasteiger partial charge in [0.1, 0.15) is 5.84 Å². The van der Waals surface area contributed by atoms with E-state index in [9.17, 15) is 0 Å². The van der Waals surface area contributed by atoms with E-state index in [2.05, 4.69) is 66.9 Å². The summed E-state index contributed by atoms with van der Waals surface area (Å²) in [7, 11) is 0. The monoisotopic (exact) mass is 347 g/mol. The van der Waals surface area contributed by atoms with Crippen LogP contribution >= 0.6 is 0 Å². The molecular weight excluding hydrogens is 318 g/mol. The molecule has 0 unspecified atom stereocenters. The Morgan fingerprint density at radius 1 is 0.885 bits per heavy atom. The van der Waals surface area contributed by atoms with Gasteiger partial charge in [0.25, 0.3) is 0 Å². The van der Waals surface area contributed by atoms with Crippen molar-refractivity contribution in [3.05, 3.63) is 59.2 Å². The number of aliphatic imine (C=N–C) groups is 1. The second kappa shape index (κ2) is 7.14.